The van der Waals surface area contributed by atoms with Crippen LogP contribution in [-0.4, -0.2) is 37.6 Å². The van der Waals surface area contributed by atoms with Crippen molar-refractivity contribution in [3.8, 4) is 5.75 Å². The van der Waals surface area contributed by atoms with E-state index in [1.165, 1.54) is 10.9 Å². The molecular weight excluding hydrogens is 350 g/mol. The van der Waals surface area contributed by atoms with Gasteiger partial charge in [-0.15, -0.1) is 0 Å². The summed E-state index contributed by atoms with van der Waals surface area (Å²) in [6.45, 7) is 2.42. The summed E-state index contributed by atoms with van der Waals surface area (Å²) in [6.07, 6.45) is 3.88. The minimum atomic E-state index is 0.0766. The molecule has 4 rings (SSSR count). The second-order valence-electron chi connectivity index (χ2n) is 7.38. The Balaban J connectivity index is 1.60. The average molecular weight is 377 g/mol. The van der Waals surface area contributed by atoms with Gasteiger partial charge in [0.25, 0.3) is 0 Å². The maximum atomic E-state index is 12.7. The van der Waals surface area contributed by atoms with Crippen molar-refractivity contribution in [2.75, 3.05) is 26.7 Å². The molecule has 1 aromatic heterocycles. The van der Waals surface area contributed by atoms with E-state index in [4.69, 9.17) is 4.74 Å². The SMILES string of the molecule is COc1ccc(C(CNC(=O)C2CCNCC2)c2c[nH]c3ccccc23)cc1. The first-order valence-electron chi connectivity index (χ1n) is 9.94. The molecule has 2 aromatic carbocycles. The molecule has 1 amide bonds. The van der Waals surface area contributed by atoms with Crippen LogP contribution >= 0.6 is 0 Å². The number of ether oxygens (including phenoxy) is 1. The molecule has 5 heteroatoms. The van der Waals surface area contributed by atoms with E-state index >= 15 is 0 Å². The van der Waals surface area contributed by atoms with Gasteiger partial charge in [-0.1, -0.05) is 30.3 Å². The fourth-order valence-corrected chi connectivity index (χ4v) is 4.06. The number of methoxy groups -OCH3 is 1. The smallest absolute Gasteiger partial charge is 0.223 e. The molecular formula is C23H27N3O2. The van der Waals surface area contributed by atoms with E-state index in [1.54, 1.807) is 7.11 Å². The largest absolute Gasteiger partial charge is 0.497 e. The third kappa shape index (κ3) is 3.90. The molecule has 3 aromatic rings. The molecule has 1 atom stereocenters. The Bertz CT molecular complexity index is 926. The molecule has 0 bridgehead atoms. The first kappa shape index (κ1) is 18.6. The predicted octanol–water partition coefficient (Wildman–Crippen LogP) is 3.42. The number of carbonyl (C=O) groups is 1. The summed E-state index contributed by atoms with van der Waals surface area (Å²) in [5.41, 5.74) is 3.48. The summed E-state index contributed by atoms with van der Waals surface area (Å²) in [5.74, 6) is 1.19. The summed E-state index contributed by atoms with van der Waals surface area (Å²) < 4.78 is 5.31. The van der Waals surface area contributed by atoms with E-state index in [-0.39, 0.29) is 17.7 Å². The third-order valence-electron chi connectivity index (χ3n) is 5.71. The molecule has 146 valence electrons. The normalized spacial score (nSPS) is 16.0. The van der Waals surface area contributed by atoms with Crippen molar-refractivity contribution in [1.82, 2.24) is 15.6 Å². The maximum Gasteiger partial charge on any atom is 0.223 e. The van der Waals surface area contributed by atoms with Crippen molar-refractivity contribution in [2.45, 2.75) is 18.8 Å². The number of aromatic amines is 1. The number of hydrogen-bond donors (Lipinski definition) is 3. The zero-order valence-electron chi connectivity index (χ0n) is 16.2. The van der Waals surface area contributed by atoms with E-state index in [0.29, 0.717) is 6.54 Å². The first-order valence-corrected chi connectivity index (χ1v) is 9.94. The second-order valence-corrected chi connectivity index (χ2v) is 7.38. The van der Waals surface area contributed by atoms with Crippen molar-refractivity contribution < 1.29 is 9.53 Å². The van der Waals surface area contributed by atoms with Gasteiger partial charge in [-0.25, -0.2) is 0 Å². The van der Waals surface area contributed by atoms with E-state index in [2.05, 4.69) is 52.1 Å². The molecule has 1 aliphatic heterocycles. The highest BCUT2D eigenvalue weighted by Crippen LogP contribution is 2.31. The Morgan fingerprint density at radius 2 is 1.89 bits per heavy atom. The van der Waals surface area contributed by atoms with Gasteiger partial charge in [-0.05, 0) is 55.3 Å². The topological polar surface area (TPSA) is 66.2 Å². The number of aromatic nitrogens is 1. The van der Waals surface area contributed by atoms with Crippen LogP contribution in [-0.2, 0) is 4.79 Å². The highest BCUT2D eigenvalue weighted by molar-refractivity contribution is 5.84. The molecule has 3 N–H and O–H groups in total. The van der Waals surface area contributed by atoms with Gasteiger partial charge in [0.2, 0.25) is 5.91 Å². The van der Waals surface area contributed by atoms with Gasteiger partial charge in [0.15, 0.2) is 0 Å². The Hall–Kier alpha value is -2.79. The molecule has 0 saturated carbocycles. The van der Waals surface area contributed by atoms with Crippen molar-refractivity contribution in [2.24, 2.45) is 5.92 Å². The van der Waals surface area contributed by atoms with Gasteiger partial charge in [0.05, 0.1) is 7.11 Å². The number of benzene rings is 2. The fraction of sp³-hybridized carbons (Fsp3) is 0.348. The minimum absolute atomic E-state index is 0.0766. The number of H-pyrrole nitrogens is 1. The summed E-state index contributed by atoms with van der Waals surface area (Å²) in [5, 5.41) is 7.73. The van der Waals surface area contributed by atoms with Crippen molar-refractivity contribution in [3.63, 3.8) is 0 Å². The summed E-state index contributed by atoms with van der Waals surface area (Å²) in [6, 6.07) is 16.4. The quantitative estimate of drug-likeness (QED) is 0.617. The Morgan fingerprint density at radius 3 is 2.64 bits per heavy atom. The van der Waals surface area contributed by atoms with Crippen LogP contribution in [0, 0.1) is 5.92 Å². The van der Waals surface area contributed by atoms with Gasteiger partial charge >= 0.3 is 0 Å². The van der Waals surface area contributed by atoms with Crippen LogP contribution < -0.4 is 15.4 Å². The fourth-order valence-electron chi connectivity index (χ4n) is 4.06. The summed E-state index contributed by atoms with van der Waals surface area (Å²) >= 11 is 0. The Labute approximate surface area is 165 Å². The van der Waals surface area contributed by atoms with E-state index in [0.717, 1.165) is 42.8 Å². The monoisotopic (exact) mass is 377 g/mol. The Kier molecular flexibility index (Phi) is 5.63. The van der Waals surface area contributed by atoms with Gasteiger partial charge in [0, 0.05) is 35.5 Å². The van der Waals surface area contributed by atoms with Crippen LogP contribution in [0.2, 0.25) is 0 Å². The van der Waals surface area contributed by atoms with Gasteiger partial charge < -0.3 is 20.4 Å². The molecule has 0 spiro atoms. The van der Waals surface area contributed by atoms with Crippen LogP contribution in [0.25, 0.3) is 10.9 Å². The van der Waals surface area contributed by atoms with Crippen LogP contribution in [0.5, 0.6) is 5.75 Å². The highest BCUT2D eigenvalue weighted by Gasteiger charge is 2.23. The lowest BCUT2D eigenvalue weighted by Crippen LogP contribution is -2.39. The molecule has 0 aliphatic carbocycles. The van der Waals surface area contributed by atoms with Gasteiger partial charge in [-0.2, -0.15) is 0 Å². The molecule has 1 saturated heterocycles. The lowest BCUT2D eigenvalue weighted by atomic mass is 9.90. The number of nitrogens with one attached hydrogen (secondary N) is 3. The van der Waals surface area contributed by atoms with Crippen LogP contribution in [0.15, 0.2) is 54.7 Å². The average Bonchev–Trinajstić information content (AvgIpc) is 3.19. The second kappa shape index (κ2) is 8.48. The molecule has 2 heterocycles. The van der Waals surface area contributed by atoms with Gasteiger partial charge in [0.1, 0.15) is 5.75 Å². The van der Waals surface area contributed by atoms with Crippen molar-refractivity contribution in [1.29, 1.82) is 0 Å². The van der Waals surface area contributed by atoms with Gasteiger partial charge in [-0.3, -0.25) is 4.79 Å². The Morgan fingerprint density at radius 1 is 1.14 bits per heavy atom. The van der Waals surface area contributed by atoms with Crippen molar-refractivity contribution >= 4 is 16.8 Å². The number of rotatable bonds is 6. The van der Waals surface area contributed by atoms with E-state index in [9.17, 15) is 4.79 Å². The molecule has 28 heavy (non-hydrogen) atoms. The van der Waals surface area contributed by atoms with E-state index in [1.807, 2.05) is 18.2 Å². The number of amides is 1. The molecule has 0 radical (unpaired) electrons. The number of para-hydroxylation sites is 1. The summed E-state index contributed by atoms with van der Waals surface area (Å²) in [4.78, 5) is 16.1. The van der Waals surface area contributed by atoms with Crippen LogP contribution in [0.1, 0.15) is 29.9 Å². The summed E-state index contributed by atoms with van der Waals surface area (Å²) in [7, 11) is 1.67. The zero-order valence-corrected chi connectivity index (χ0v) is 16.2. The molecule has 5 nitrogen and oxygen atoms in total. The first-order chi connectivity index (χ1) is 13.8. The highest BCUT2D eigenvalue weighted by atomic mass is 16.5. The zero-order chi connectivity index (χ0) is 19.3. The number of fused-ring (bicyclic) bond motifs is 1. The predicted molar refractivity (Wildman–Crippen MR) is 112 cm³/mol. The number of hydrogen-bond acceptors (Lipinski definition) is 3. The third-order valence-corrected chi connectivity index (χ3v) is 5.71. The number of carbonyl (C=O) groups excluding carboxylic acids is 1. The standard InChI is InChI=1S/C23H27N3O2/c1-28-18-8-6-16(7-9-18)20(14-26-23(27)17-10-12-24-13-11-17)21-15-25-22-5-3-2-4-19(21)22/h2-9,15,17,20,24-25H,10-14H2,1H3,(H,26,27). The molecule has 1 aliphatic rings. The van der Waals surface area contributed by atoms with E-state index < -0.39 is 0 Å². The van der Waals surface area contributed by atoms with Crippen LogP contribution in [0.4, 0.5) is 0 Å². The van der Waals surface area contributed by atoms with Crippen LogP contribution in [0.3, 0.4) is 0 Å². The lowest BCUT2D eigenvalue weighted by Gasteiger charge is -2.24. The van der Waals surface area contributed by atoms with Crippen molar-refractivity contribution in [3.05, 3.63) is 65.9 Å². The molecule has 1 fully saturated rings. The number of piperidine rings is 1. The maximum absolute atomic E-state index is 12.7. The minimum Gasteiger partial charge on any atom is -0.497 e. The molecule has 1 unspecified atom stereocenters. The lowest BCUT2D eigenvalue weighted by molar-refractivity contribution is -0.125.